The van der Waals surface area contributed by atoms with Gasteiger partial charge in [0.05, 0.1) is 6.61 Å². The zero-order valence-corrected chi connectivity index (χ0v) is 12.8. The molecule has 1 heterocycles. The van der Waals surface area contributed by atoms with E-state index in [1.54, 1.807) is 20.8 Å². The Hall–Kier alpha value is -0.660. The number of carbonyl (C=O) groups is 1. The van der Waals surface area contributed by atoms with Crippen molar-refractivity contribution in [3.05, 3.63) is 0 Å². The molecule has 0 radical (unpaired) electrons. The average Bonchev–Trinajstić information content (AvgIpc) is 2.37. The van der Waals surface area contributed by atoms with Crippen LogP contribution in [-0.4, -0.2) is 55.3 Å². The fraction of sp³-hybridized carbons (Fsp3) is 0.917. The van der Waals surface area contributed by atoms with Gasteiger partial charge in [0, 0.05) is 19.1 Å². The highest BCUT2D eigenvalue weighted by atomic mass is 32.2. The Labute approximate surface area is 115 Å². The van der Waals surface area contributed by atoms with Crippen LogP contribution in [0.3, 0.4) is 0 Å². The summed E-state index contributed by atoms with van der Waals surface area (Å²) < 4.78 is 32.6. The lowest BCUT2D eigenvalue weighted by atomic mass is 10.2. The van der Waals surface area contributed by atoms with Gasteiger partial charge in [0.2, 0.25) is 0 Å². The second-order valence-electron chi connectivity index (χ2n) is 4.91. The fourth-order valence-electron chi connectivity index (χ4n) is 2.11. The normalized spacial score (nSPS) is 17.9. The highest BCUT2D eigenvalue weighted by Crippen LogP contribution is 2.18. The molecule has 1 aliphatic rings. The summed E-state index contributed by atoms with van der Waals surface area (Å²) in [6, 6.07) is -0.267. The third-order valence-corrected chi connectivity index (χ3v) is 5.27. The van der Waals surface area contributed by atoms with E-state index in [0.29, 0.717) is 13.1 Å². The van der Waals surface area contributed by atoms with Gasteiger partial charge in [0.25, 0.3) is 10.2 Å². The van der Waals surface area contributed by atoms with Crippen LogP contribution in [0.2, 0.25) is 0 Å². The minimum absolute atomic E-state index is 0.218. The van der Waals surface area contributed by atoms with Gasteiger partial charge < -0.3 is 4.74 Å². The number of hydrogen-bond donors (Lipinski definition) is 0. The van der Waals surface area contributed by atoms with Crippen LogP contribution in [0, 0.1) is 0 Å². The molecule has 0 spiro atoms. The first-order chi connectivity index (χ1) is 8.89. The van der Waals surface area contributed by atoms with Crippen LogP contribution in [-0.2, 0) is 19.7 Å². The number of piperidine rings is 1. The molecule has 1 saturated heterocycles. The third-order valence-electron chi connectivity index (χ3n) is 3.10. The lowest BCUT2D eigenvalue weighted by molar-refractivity contribution is -0.143. The summed E-state index contributed by atoms with van der Waals surface area (Å²) in [5, 5.41) is 0. The first-order valence-electron chi connectivity index (χ1n) is 6.82. The Balaban J connectivity index is 2.81. The van der Waals surface area contributed by atoms with Gasteiger partial charge in [-0.1, -0.05) is 6.42 Å². The molecule has 0 unspecified atom stereocenters. The highest BCUT2D eigenvalue weighted by Gasteiger charge is 2.33. The molecular formula is C12H24N2O4S. The number of nitrogens with zero attached hydrogens (tertiary/aromatic N) is 2. The minimum atomic E-state index is -3.57. The first kappa shape index (κ1) is 16.4. The van der Waals surface area contributed by atoms with Crippen LogP contribution in [0.4, 0.5) is 0 Å². The molecule has 0 amide bonds. The van der Waals surface area contributed by atoms with Crippen molar-refractivity contribution < 1.29 is 17.9 Å². The lowest BCUT2D eigenvalue weighted by Gasteiger charge is -2.33. The minimum Gasteiger partial charge on any atom is -0.465 e. The summed E-state index contributed by atoms with van der Waals surface area (Å²) in [4.78, 5) is 11.5. The molecule has 0 bridgehead atoms. The molecule has 0 atom stereocenters. The van der Waals surface area contributed by atoms with Crippen molar-refractivity contribution in [3.63, 3.8) is 0 Å². The maximum absolute atomic E-state index is 12.5. The summed E-state index contributed by atoms with van der Waals surface area (Å²) in [5.74, 6) is -0.503. The van der Waals surface area contributed by atoms with Crippen molar-refractivity contribution >= 4 is 16.2 Å². The lowest BCUT2D eigenvalue weighted by Crippen LogP contribution is -2.50. The van der Waals surface area contributed by atoms with Crippen molar-refractivity contribution in [2.75, 3.05) is 26.2 Å². The Morgan fingerprint density at radius 2 is 1.84 bits per heavy atom. The summed E-state index contributed by atoms with van der Waals surface area (Å²) in [6.45, 7) is 6.35. The molecule has 0 N–H and O–H groups in total. The van der Waals surface area contributed by atoms with Crippen LogP contribution in [0.1, 0.15) is 40.0 Å². The van der Waals surface area contributed by atoms with Gasteiger partial charge in [-0.25, -0.2) is 0 Å². The van der Waals surface area contributed by atoms with Crippen LogP contribution < -0.4 is 0 Å². The number of hydrogen-bond acceptors (Lipinski definition) is 4. The Morgan fingerprint density at radius 3 is 2.32 bits per heavy atom. The Morgan fingerprint density at radius 1 is 1.26 bits per heavy atom. The molecule has 0 aromatic carbocycles. The zero-order chi connectivity index (χ0) is 14.5. The van der Waals surface area contributed by atoms with E-state index in [-0.39, 0.29) is 19.2 Å². The van der Waals surface area contributed by atoms with E-state index in [1.165, 1.54) is 8.61 Å². The first-order valence-corrected chi connectivity index (χ1v) is 8.21. The third kappa shape index (κ3) is 4.43. The molecule has 0 saturated carbocycles. The second kappa shape index (κ2) is 7.21. The Kier molecular flexibility index (Phi) is 6.22. The van der Waals surface area contributed by atoms with E-state index in [9.17, 15) is 13.2 Å². The predicted molar refractivity (Wildman–Crippen MR) is 72.8 cm³/mol. The molecule has 1 fully saturated rings. The van der Waals surface area contributed by atoms with Crippen LogP contribution in [0.5, 0.6) is 0 Å². The average molecular weight is 292 g/mol. The molecule has 6 nitrogen and oxygen atoms in total. The summed E-state index contributed by atoms with van der Waals surface area (Å²) in [5.41, 5.74) is 0. The van der Waals surface area contributed by atoms with E-state index in [0.717, 1.165) is 19.3 Å². The van der Waals surface area contributed by atoms with E-state index in [2.05, 4.69) is 0 Å². The van der Waals surface area contributed by atoms with Gasteiger partial charge >= 0.3 is 5.97 Å². The van der Waals surface area contributed by atoms with Crippen molar-refractivity contribution in [2.24, 2.45) is 0 Å². The molecule has 1 rings (SSSR count). The van der Waals surface area contributed by atoms with Crippen molar-refractivity contribution in [1.82, 2.24) is 8.61 Å². The summed E-state index contributed by atoms with van der Waals surface area (Å²) in [7, 11) is -3.57. The van der Waals surface area contributed by atoms with E-state index >= 15 is 0 Å². The molecule has 0 aromatic heterocycles. The zero-order valence-electron chi connectivity index (χ0n) is 12.0. The summed E-state index contributed by atoms with van der Waals surface area (Å²) in [6.07, 6.45) is 2.82. The van der Waals surface area contributed by atoms with Crippen molar-refractivity contribution in [2.45, 2.75) is 46.1 Å². The number of ether oxygens (including phenoxy) is 1. The summed E-state index contributed by atoms with van der Waals surface area (Å²) >= 11 is 0. The maximum atomic E-state index is 12.5. The number of esters is 1. The monoisotopic (exact) mass is 292 g/mol. The van der Waals surface area contributed by atoms with Gasteiger partial charge in [0.1, 0.15) is 6.54 Å². The van der Waals surface area contributed by atoms with Gasteiger partial charge in [-0.3, -0.25) is 4.79 Å². The van der Waals surface area contributed by atoms with Crippen molar-refractivity contribution in [3.8, 4) is 0 Å². The SMILES string of the molecule is CCOC(=O)CN(C(C)C)S(=O)(=O)N1CCCCC1. The van der Waals surface area contributed by atoms with Crippen LogP contribution in [0.25, 0.3) is 0 Å². The van der Waals surface area contributed by atoms with Crippen molar-refractivity contribution in [1.29, 1.82) is 0 Å². The molecule has 112 valence electrons. The quantitative estimate of drug-likeness (QED) is 0.685. The fourth-order valence-corrected chi connectivity index (χ4v) is 3.93. The van der Waals surface area contributed by atoms with E-state index < -0.39 is 16.2 Å². The second-order valence-corrected chi connectivity index (χ2v) is 6.79. The van der Waals surface area contributed by atoms with Gasteiger partial charge in [-0.05, 0) is 33.6 Å². The molecular weight excluding hydrogens is 268 g/mol. The molecule has 0 aromatic rings. The van der Waals surface area contributed by atoms with Gasteiger partial charge in [-0.15, -0.1) is 0 Å². The molecule has 19 heavy (non-hydrogen) atoms. The molecule has 7 heteroatoms. The molecule has 1 aliphatic heterocycles. The highest BCUT2D eigenvalue weighted by molar-refractivity contribution is 7.86. The Bertz CT molecular complexity index is 389. The smallest absolute Gasteiger partial charge is 0.321 e. The predicted octanol–water partition coefficient (Wildman–Crippen LogP) is 0.991. The number of rotatable bonds is 6. The largest absolute Gasteiger partial charge is 0.465 e. The molecule has 0 aliphatic carbocycles. The topological polar surface area (TPSA) is 66.9 Å². The van der Waals surface area contributed by atoms with E-state index in [4.69, 9.17) is 4.74 Å². The van der Waals surface area contributed by atoms with Crippen LogP contribution >= 0.6 is 0 Å². The van der Waals surface area contributed by atoms with Gasteiger partial charge in [0.15, 0.2) is 0 Å². The van der Waals surface area contributed by atoms with E-state index in [1.807, 2.05) is 0 Å². The van der Waals surface area contributed by atoms with Gasteiger partial charge in [-0.2, -0.15) is 17.0 Å². The van der Waals surface area contributed by atoms with Crippen LogP contribution in [0.15, 0.2) is 0 Å². The maximum Gasteiger partial charge on any atom is 0.321 e. The number of carbonyl (C=O) groups excluding carboxylic acids is 1. The standard InChI is InChI=1S/C12H24N2O4S/c1-4-18-12(15)10-14(11(2)3)19(16,17)13-8-6-5-7-9-13/h11H,4-10H2,1-3H3.